The number of nitrogen functional groups attached to an aromatic ring is 1. The van der Waals surface area contributed by atoms with Gasteiger partial charge in [0.1, 0.15) is 17.6 Å². The number of nitrogens with zero attached hydrogens (tertiary/aromatic N) is 4. The van der Waals surface area contributed by atoms with Gasteiger partial charge in [0.2, 0.25) is 0 Å². The van der Waals surface area contributed by atoms with Crippen LogP contribution in [0.3, 0.4) is 0 Å². The lowest BCUT2D eigenvalue weighted by Crippen LogP contribution is -2.42. The number of morpholine rings is 1. The number of hydrogen-bond donors (Lipinski definition) is 1. The van der Waals surface area contributed by atoms with E-state index in [4.69, 9.17) is 10.5 Å². The predicted molar refractivity (Wildman–Crippen MR) is 92.8 cm³/mol. The van der Waals surface area contributed by atoms with E-state index in [1.165, 1.54) is 6.20 Å². The largest absolute Gasteiger partial charge is 0.382 e. The van der Waals surface area contributed by atoms with Crippen LogP contribution in [0, 0.1) is 0 Å². The highest BCUT2D eigenvalue weighted by atomic mass is 16.5. The predicted octanol–water partition coefficient (Wildman–Crippen LogP) is 1.82. The number of amides is 1. The van der Waals surface area contributed by atoms with Crippen LogP contribution >= 0.6 is 0 Å². The van der Waals surface area contributed by atoms with Gasteiger partial charge in [0.15, 0.2) is 0 Å². The third-order valence-electron chi connectivity index (χ3n) is 4.29. The second-order valence-corrected chi connectivity index (χ2v) is 5.81. The number of fused-ring (bicyclic) bond motifs is 1. The average molecular weight is 335 g/mol. The molecule has 1 atom stereocenters. The van der Waals surface area contributed by atoms with Crippen LogP contribution in [0.4, 0.5) is 5.82 Å². The number of aromatic nitrogens is 3. The van der Waals surface area contributed by atoms with Crippen molar-refractivity contribution in [2.45, 2.75) is 6.10 Å². The maximum absolute atomic E-state index is 13.1. The summed E-state index contributed by atoms with van der Waals surface area (Å²) in [7, 11) is 0. The molecule has 0 spiro atoms. The quantitative estimate of drug-likeness (QED) is 0.768. The smallest absolute Gasteiger partial charge is 0.254 e. The summed E-state index contributed by atoms with van der Waals surface area (Å²) in [5, 5.41) is 0.844. The van der Waals surface area contributed by atoms with Crippen LogP contribution in [-0.4, -0.2) is 45.5 Å². The number of carbonyl (C=O) groups excluding carboxylic acids is 1. The molecule has 2 N–H and O–H groups in total. The Morgan fingerprint density at radius 1 is 1.12 bits per heavy atom. The van der Waals surface area contributed by atoms with Crippen molar-refractivity contribution in [3.63, 3.8) is 0 Å². The van der Waals surface area contributed by atoms with Gasteiger partial charge in [-0.15, -0.1) is 0 Å². The standard InChI is InChI=1S/C18H17N5O2/c19-17-16(21-7-8-22-17)15-11-23(9-10-25-15)18(24)13-3-1-5-14-12(13)4-2-6-20-14/h1-8,15H,9-11H2,(H2,19,22). The molecule has 3 aromatic rings. The molecule has 2 aromatic heterocycles. The summed E-state index contributed by atoms with van der Waals surface area (Å²) in [5.74, 6) is 0.283. The minimum atomic E-state index is -0.375. The summed E-state index contributed by atoms with van der Waals surface area (Å²) in [4.78, 5) is 27.4. The molecule has 0 saturated carbocycles. The molecule has 3 heterocycles. The summed E-state index contributed by atoms with van der Waals surface area (Å²) in [6, 6.07) is 9.32. The molecular weight excluding hydrogens is 318 g/mol. The molecule has 4 rings (SSSR count). The van der Waals surface area contributed by atoms with Gasteiger partial charge in [-0.25, -0.2) is 4.98 Å². The van der Waals surface area contributed by atoms with Crippen LogP contribution in [0.1, 0.15) is 22.2 Å². The third kappa shape index (κ3) is 2.89. The van der Waals surface area contributed by atoms with Crippen molar-refractivity contribution in [1.82, 2.24) is 19.9 Å². The van der Waals surface area contributed by atoms with E-state index in [1.807, 2.05) is 30.3 Å². The minimum Gasteiger partial charge on any atom is -0.382 e. The number of ether oxygens (including phenoxy) is 1. The van der Waals surface area contributed by atoms with Gasteiger partial charge in [-0.1, -0.05) is 12.1 Å². The van der Waals surface area contributed by atoms with Crippen molar-refractivity contribution in [2.75, 3.05) is 25.4 Å². The molecule has 0 bridgehead atoms. The summed E-state index contributed by atoms with van der Waals surface area (Å²) >= 11 is 0. The first kappa shape index (κ1) is 15.5. The zero-order valence-corrected chi connectivity index (χ0v) is 13.5. The van der Waals surface area contributed by atoms with Crippen molar-refractivity contribution < 1.29 is 9.53 Å². The highest BCUT2D eigenvalue weighted by Gasteiger charge is 2.29. The Kier molecular flexibility index (Phi) is 3.99. The molecule has 1 unspecified atom stereocenters. The number of pyridine rings is 1. The molecule has 7 heteroatoms. The Labute approximate surface area is 144 Å². The van der Waals surface area contributed by atoms with Gasteiger partial charge in [-0.3, -0.25) is 14.8 Å². The summed E-state index contributed by atoms with van der Waals surface area (Å²) in [6.45, 7) is 1.33. The highest BCUT2D eigenvalue weighted by Crippen LogP contribution is 2.26. The molecule has 25 heavy (non-hydrogen) atoms. The molecule has 0 radical (unpaired) electrons. The fourth-order valence-electron chi connectivity index (χ4n) is 3.07. The monoisotopic (exact) mass is 335 g/mol. The lowest BCUT2D eigenvalue weighted by molar-refractivity contribution is -0.0244. The van der Waals surface area contributed by atoms with E-state index in [1.54, 1.807) is 17.3 Å². The third-order valence-corrected chi connectivity index (χ3v) is 4.29. The molecule has 7 nitrogen and oxygen atoms in total. The minimum absolute atomic E-state index is 0.0469. The van der Waals surface area contributed by atoms with Crippen molar-refractivity contribution >= 4 is 22.6 Å². The highest BCUT2D eigenvalue weighted by molar-refractivity contribution is 6.06. The van der Waals surface area contributed by atoms with Crippen molar-refractivity contribution in [3.8, 4) is 0 Å². The molecular formula is C18H17N5O2. The Morgan fingerprint density at radius 3 is 2.88 bits per heavy atom. The maximum Gasteiger partial charge on any atom is 0.254 e. The van der Waals surface area contributed by atoms with E-state index < -0.39 is 0 Å². The first-order valence-corrected chi connectivity index (χ1v) is 8.05. The Balaban J connectivity index is 1.63. The number of carbonyl (C=O) groups is 1. The maximum atomic E-state index is 13.1. The first-order valence-electron chi connectivity index (χ1n) is 8.05. The van der Waals surface area contributed by atoms with E-state index in [0.29, 0.717) is 36.8 Å². The van der Waals surface area contributed by atoms with E-state index in [-0.39, 0.29) is 12.0 Å². The number of rotatable bonds is 2. The van der Waals surface area contributed by atoms with Gasteiger partial charge in [0.25, 0.3) is 5.91 Å². The lowest BCUT2D eigenvalue weighted by Gasteiger charge is -2.33. The van der Waals surface area contributed by atoms with E-state index in [9.17, 15) is 4.79 Å². The molecule has 1 aromatic carbocycles. The van der Waals surface area contributed by atoms with E-state index >= 15 is 0 Å². The zero-order chi connectivity index (χ0) is 17.2. The fourth-order valence-corrected chi connectivity index (χ4v) is 3.07. The Morgan fingerprint density at radius 2 is 2.00 bits per heavy atom. The SMILES string of the molecule is Nc1nccnc1C1CN(C(=O)c2cccc3ncccc23)CCO1. The van der Waals surface area contributed by atoms with Crippen LogP contribution < -0.4 is 5.73 Å². The number of hydrogen-bond acceptors (Lipinski definition) is 6. The molecule has 1 amide bonds. The molecule has 126 valence electrons. The number of anilines is 1. The Hall–Kier alpha value is -3.06. The zero-order valence-electron chi connectivity index (χ0n) is 13.5. The fraction of sp³-hybridized carbons (Fsp3) is 0.222. The van der Waals surface area contributed by atoms with E-state index in [0.717, 1.165) is 10.9 Å². The van der Waals surface area contributed by atoms with Gasteiger partial charge < -0.3 is 15.4 Å². The van der Waals surface area contributed by atoms with Crippen LogP contribution in [-0.2, 0) is 4.74 Å². The van der Waals surface area contributed by atoms with Crippen molar-refractivity contribution in [1.29, 1.82) is 0 Å². The summed E-state index contributed by atoms with van der Waals surface area (Å²) in [5.41, 5.74) is 7.90. The van der Waals surface area contributed by atoms with Crippen LogP contribution in [0.25, 0.3) is 10.9 Å². The summed E-state index contributed by atoms with van der Waals surface area (Å²) in [6.07, 6.45) is 4.46. The lowest BCUT2D eigenvalue weighted by atomic mass is 10.1. The molecule has 1 fully saturated rings. The van der Waals surface area contributed by atoms with Gasteiger partial charge in [-0.2, -0.15) is 0 Å². The molecule has 0 aliphatic carbocycles. The Bertz CT molecular complexity index is 925. The van der Waals surface area contributed by atoms with Gasteiger partial charge in [0, 0.05) is 36.1 Å². The van der Waals surface area contributed by atoms with Gasteiger partial charge in [-0.05, 0) is 18.2 Å². The molecule has 1 aliphatic rings. The first-order chi connectivity index (χ1) is 12.2. The second kappa shape index (κ2) is 6.45. The second-order valence-electron chi connectivity index (χ2n) is 5.81. The topological polar surface area (TPSA) is 94.2 Å². The van der Waals surface area contributed by atoms with Crippen molar-refractivity contribution in [3.05, 3.63) is 60.2 Å². The van der Waals surface area contributed by atoms with Gasteiger partial charge >= 0.3 is 0 Å². The molecule has 1 saturated heterocycles. The number of benzene rings is 1. The van der Waals surface area contributed by atoms with Crippen LogP contribution in [0.5, 0.6) is 0 Å². The van der Waals surface area contributed by atoms with Crippen LogP contribution in [0.15, 0.2) is 48.9 Å². The van der Waals surface area contributed by atoms with Gasteiger partial charge in [0.05, 0.1) is 18.7 Å². The molecule has 1 aliphatic heterocycles. The normalized spacial score (nSPS) is 17.6. The van der Waals surface area contributed by atoms with E-state index in [2.05, 4.69) is 15.0 Å². The summed E-state index contributed by atoms with van der Waals surface area (Å²) < 4.78 is 5.76. The number of nitrogens with two attached hydrogens (primary N) is 1. The van der Waals surface area contributed by atoms with Crippen LogP contribution in [0.2, 0.25) is 0 Å². The average Bonchev–Trinajstić information content (AvgIpc) is 2.67. The van der Waals surface area contributed by atoms with Crippen molar-refractivity contribution in [2.24, 2.45) is 0 Å².